The first kappa shape index (κ1) is 6.59. The molecule has 1 saturated heterocycles. The quantitative estimate of drug-likeness (QED) is 0.586. The van der Waals surface area contributed by atoms with Gasteiger partial charge in [0.25, 0.3) is 0 Å². The van der Waals surface area contributed by atoms with Crippen molar-refractivity contribution in [3.05, 3.63) is 0 Å². The predicted molar refractivity (Wildman–Crippen MR) is 38.6 cm³/mol. The van der Waals surface area contributed by atoms with E-state index < -0.39 is 5.67 Å². The molecule has 58 valence electrons. The lowest BCUT2D eigenvalue weighted by atomic mass is 9.97. The standard InChI is InChI=1S/C8H14FN/c1-6-4-8(9,5-10-6)7-2-3-7/h6-7,10H,2-5H2,1H3/t6?,8-/m0/s1. The van der Waals surface area contributed by atoms with Crippen LogP contribution in [-0.4, -0.2) is 18.3 Å². The molecule has 0 aromatic heterocycles. The first-order valence-corrected chi connectivity index (χ1v) is 4.13. The van der Waals surface area contributed by atoms with Crippen LogP contribution in [0.4, 0.5) is 4.39 Å². The normalized spacial score (nSPS) is 48.0. The number of nitrogens with one attached hydrogen (secondary N) is 1. The number of rotatable bonds is 1. The van der Waals surface area contributed by atoms with Crippen LogP contribution in [0, 0.1) is 5.92 Å². The molecule has 1 heterocycles. The topological polar surface area (TPSA) is 12.0 Å². The molecule has 1 N–H and O–H groups in total. The van der Waals surface area contributed by atoms with Gasteiger partial charge in [0.2, 0.25) is 0 Å². The zero-order chi connectivity index (χ0) is 7.19. The maximum absolute atomic E-state index is 13.7. The second kappa shape index (κ2) is 1.94. The lowest BCUT2D eigenvalue weighted by Gasteiger charge is -2.16. The summed E-state index contributed by atoms with van der Waals surface area (Å²) in [6.45, 7) is 2.66. The molecule has 2 aliphatic rings. The Bertz CT molecular complexity index is 144. The van der Waals surface area contributed by atoms with Crippen molar-refractivity contribution < 1.29 is 4.39 Å². The molecular weight excluding hydrogens is 129 g/mol. The smallest absolute Gasteiger partial charge is 0.127 e. The predicted octanol–water partition coefficient (Wildman–Crippen LogP) is 1.49. The molecule has 0 bridgehead atoms. The number of alkyl halides is 1. The van der Waals surface area contributed by atoms with E-state index in [1.165, 1.54) is 0 Å². The second-order valence-electron chi connectivity index (χ2n) is 3.79. The van der Waals surface area contributed by atoms with Gasteiger partial charge in [0.15, 0.2) is 0 Å². The summed E-state index contributed by atoms with van der Waals surface area (Å²) in [7, 11) is 0. The van der Waals surface area contributed by atoms with Crippen molar-refractivity contribution in [3.63, 3.8) is 0 Å². The first-order chi connectivity index (χ1) is 4.71. The minimum atomic E-state index is -0.834. The van der Waals surface area contributed by atoms with E-state index in [2.05, 4.69) is 12.2 Å². The SMILES string of the molecule is CC1C[C@@](F)(C2CC2)CN1. The van der Waals surface area contributed by atoms with Crippen LogP contribution in [0.3, 0.4) is 0 Å². The van der Waals surface area contributed by atoms with Crippen molar-refractivity contribution in [1.29, 1.82) is 0 Å². The van der Waals surface area contributed by atoms with Crippen LogP contribution in [-0.2, 0) is 0 Å². The Morgan fingerprint density at radius 2 is 2.20 bits per heavy atom. The Hall–Kier alpha value is -0.110. The number of hydrogen-bond acceptors (Lipinski definition) is 1. The van der Waals surface area contributed by atoms with Gasteiger partial charge in [-0.05, 0) is 32.1 Å². The molecule has 1 saturated carbocycles. The minimum Gasteiger partial charge on any atom is -0.311 e. The van der Waals surface area contributed by atoms with E-state index in [1.54, 1.807) is 0 Å². The summed E-state index contributed by atoms with van der Waals surface area (Å²) in [6, 6.07) is 0.394. The van der Waals surface area contributed by atoms with Crippen LogP contribution >= 0.6 is 0 Å². The van der Waals surface area contributed by atoms with Crippen LogP contribution in [0.1, 0.15) is 26.2 Å². The van der Waals surface area contributed by atoms with Gasteiger partial charge in [-0.3, -0.25) is 0 Å². The Morgan fingerprint density at radius 1 is 1.50 bits per heavy atom. The molecule has 1 nitrogen and oxygen atoms in total. The van der Waals surface area contributed by atoms with E-state index in [0.29, 0.717) is 18.5 Å². The average Bonchev–Trinajstić information content (AvgIpc) is 2.62. The summed E-state index contributed by atoms with van der Waals surface area (Å²) in [5, 5.41) is 3.16. The lowest BCUT2D eigenvalue weighted by Crippen LogP contribution is -2.28. The van der Waals surface area contributed by atoms with Crippen molar-refractivity contribution in [2.45, 2.75) is 37.9 Å². The Morgan fingerprint density at radius 3 is 2.60 bits per heavy atom. The third-order valence-corrected chi connectivity index (χ3v) is 2.70. The Kier molecular flexibility index (Phi) is 1.28. The van der Waals surface area contributed by atoms with E-state index in [9.17, 15) is 4.39 Å². The highest BCUT2D eigenvalue weighted by Gasteiger charge is 2.49. The van der Waals surface area contributed by atoms with E-state index in [4.69, 9.17) is 0 Å². The van der Waals surface area contributed by atoms with Crippen molar-refractivity contribution in [2.75, 3.05) is 6.54 Å². The van der Waals surface area contributed by atoms with Gasteiger partial charge in [-0.1, -0.05) is 0 Å². The van der Waals surface area contributed by atoms with Gasteiger partial charge in [-0.15, -0.1) is 0 Å². The van der Waals surface area contributed by atoms with Gasteiger partial charge >= 0.3 is 0 Å². The third kappa shape index (κ3) is 0.947. The fourth-order valence-corrected chi connectivity index (χ4v) is 1.91. The van der Waals surface area contributed by atoms with Gasteiger partial charge in [0.1, 0.15) is 5.67 Å². The van der Waals surface area contributed by atoms with E-state index >= 15 is 0 Å². The largest absolute Gasteiger partial charge is 0.311 e. The second-order valence-corrected chi connectivity index (χ2v) is 3.79. The molecule has 0 aromatic rings. The maximum Gasteiger partial charge on any atom is 0.127 e. The Labute approximate surface area is 61.0 Å². The zero-order valence-electron chi connectivity index (χ0n) is 6.36. The summed E-state index contributed by atoms with van der Waals surface area (Å²) in [5.41, 5.74) is -0.834. The Balaban J connectivity index is 2.01. The van der Waals surface area contributed by atoms with Crippen LogP contribution in [0.15, 0.2) is 0 Å². The summed E-state index contributed by atoms with van der Waals surface area (Å²) in [6.07, 6.45) is 2.97. The molecule has 1 unspecified atom stereocenters. The minimum absolute atomic E-state index is 0.393. The van der Waals surface area contributed by atoms with Crippen LogP contribution in [0.5, 0.6) is 0 Å². The molecular formula is C8H14FN. The highest BCUT2D eigenvalue weighted by Crippen LogP contribution is 2.46. The van der Waals surface area contributed by atoms with Gasteiger partial charge in [-0.2, -0.15) is 0 Å². The van der Waals surface area contributed by atoms with Gasteiger partial charge < -0.3 is 5.32 Å². The maximum atomic E-state index is 13.7. The molecule has 2 fully saturated rings. The molecule has 2 rings (SSSR count). The summed E-state index contributed by atoms with van der Waals surface area (Å²) < 4.78 is 13.7. The average molecular weight is 143 g/mol. The first-order valence-electron chi connectivity index (χ1n) is 4.13. The fourth-order valence-electron chi connectivity index (χ4n) is 1.91. The molecule has 0 spiro atoms. The number of hydrogen-bond donors (Lipinski definition) is 1. The highest BCUT2D eigenvalue weighted by molar-refractivity contribution is 5.02. The molecule has 0 amide bonds. The molecule has 1 aliphatic carbocycles. The van der Waals surface area contributed by atoms with Crippen molar-refractivity contribution >= 4 is 0 Å². The highest BCUT2D eigenvalue weighted by atomic mass is 19.1. The van der Waals surface area contributed by atoms with Gasteiger partial charge in [-0.25, -0.2) is 4.39 Å². The summed E-state index contributed by atoms with van der Waals surface area (Å²) >= 11 is 0. The van der Waals surface area contributed by atoms with Crippen LogP contribution in [0.2, 0.25) is 0 Å². The third-order valence-electron chi connectivity index (χ3n) is 2.70. The van der Waals surface area contributed by atoms with Gasteiger partial charge in [0, 0.05) is 12.6 Å². The van der Waals surface area contributed by atoms with Crippen molar-refractivity contribution in [1.82, 2.24) is 5.32 Å². The monoisotopic (exact) mass is 143 g/mol. The summed E-state index contributed by atoms with van der Waals surface area (Å²) in [4.78, 5) is 0. The van der Waals surface area contributed by atoms with Crippen LogP contribution < -0.4 is 5.32 Å². The lowest BCUT2D eigenvalue weighted by molar-refractivity contribution is 0.155. The molecule has 1 aliphatic heterocycles. The molecule has 2 atom stereocenters. The summed E-state index contributed by atoms with van der Waals surface area (Å²) in [5.74, 6) is 0.393. The molecule has 10 heavy (non-hydrogen) atoms. The van der Waals surface area contributed by atoms with Crippen LogP contribution in [0.25, 0.3) is 0 Å². The zero-order valence-corrected chi connectivity index (χ0v) is 6.36. The molecule has 2 heteroatoms. The van der Waals surface area contributed by atoms with E-state index in [1.807, 2.05) is 0 Å². The van der Waals surface area contributed by atoms with Gasteiger partial charge in [0.05, 0.1) is 0 Å². The molecule has 0 radical (unpaired) electrons. The van der Waals surface area contributed by atoms with Crippen molar-refractivity contribution in [3.8, 4) is 0 Å². The fraction of sp³-hybridized carbons (Fsp3) is 1.00. The van der Waals surface area contributed by atoms with E-state index in [0.717, 1.165) is 19.3 Å². The molecule has 0 aromatic carbocycles. The van der Waals surface area contributed by atoms with E-state index in [-0.39, 0.29) is 0 Å². The number of halogens is 1. The van der Waals surface area contributed by atoms with Crippen molar-refractivity contribution in [2.24, 2.45) is 5.92 Å².